The molecule has 0 radical (unpaired) electrons. The van der Waals surface area contributed by atoms with Gasteiger partial charge in [0.2, 0.25) is 0 Å². The second-order valence-corrected chi connectivity index (χ2v) is 3.61. The highest BCUT2D eigenvalue weighted by molar-refractivity contribution is 5.85. The summed E-state index contributed by atoms with van der Waals surface area (Å²) in [5.41, 5.74) is 7.30. The van der Waals surface area contributed by atoms with Crippen molar-refractivity contribution in [3.05, 3.63) is 0 Å². The molecule has 7 heteroatoms. The molecule has 0 heterocycles. The van der Waals surface area contributed by atoms with E-state index in [0.717, 1.165) is 19.4 Å². The minimum absolute atomic E-state index is 0.479. The third-order valence-electron chi connectivity index (χ3n) is 2.21. The van der Waals surface area contributed by atoms with Crippen molar-refractivity contribution < 1.29 is 31.3 Å². The Morgan fingerprint density at radius 1 is 1.38 bits per heavy atom. The van der Waals surface area contributed by atoms with Crippen molar-refractivity contribution >= 4 is 11.9 Å². The molecule has 16 heavy (non-hydrogen) atoms. The number of amides is 1. The predicted molar refractivity (Wildman–Crippen MR) is 52.3 cm³/mol. The van der Waals surface area contributed by atoms with Crippen molar-refractivity contribution in [2.24, 2.45) is 0 Å². The number of aliphatic hydroxyl groups is 1. The molecule has 0 saturated heterocycles. The van der Waals surface area contributed by atoms with Crippen LogP contribution < -0.4 is 21.9 Å². The standard InChI is InChI=1S/C9H19N3O4/c10-4-2-1-3-6(11)8(14)12-7(5-13)9(15)16/h6-7,13H,1-5,10-11H2,(H,12,14)(H,15,16)/p+1/t6-,7-/m0/s1. The van der Waals surface area contributed by atoms with Gasteiger partial charge in [-0.2, -0.15) is 0 Å². The second kappa shape index (κ2) is 8.03. The Kier molecular flexibility index (Phi) is 7.44. The maximum atomic E-state index is 11.4. The first-order chi connectivity index (χ1) is 7.52. The minimum Gasteiger partial charge on any atom is -0.548 e. The molecule has 0 aliphatic carbocycles. The number of hydrogen-bond donors (Lipinski definition) is 4. The highest BCUT2D eigenvalue weighted by Crippen LogP contribution is 1.96. The average molecular weight is 234 g/mol. The molecule has 0 aromatic heterocycles. The van der Waals surface area contributed by atoms with Gasteiger partial charge in [0.15, 0.2) is 6.04 Å². The topological polar surface area (TPSA) is 145 Å². The Hall–Kier alpha value is -1.18. The summed E-state index contributed by atoms with van der Waals surface area (Å²) in [6.07, 6.45) is 2.30. The number of carbonyl (C=O) groups is 2. The summed E-state index contributed by atoms with van der Waals surface area (Å²) in [4.78, 5) is 21.9. The van der Waals surface area contributed by atoms with E-state index >= 15 is 0 Å². The van der Waals surface area contributed by atoms with E-state index in [2.05, 4.69) is 16.8 Å². The molecule has 0 fully saturated rings. The summed E-state index contributed by atoms with van der Waals surface area (Å²) < 4.78 is 0. The Labute approximate surface area is 93.8 Å². The van der Waals surface area contributed by atoms with Crippen molar-refractivity contribution in [1.29, 1.82) is 0 Å². The van der Waals surface area contributed by atoms with E-state index in [4.69, 9.17) is 5.11 Å². The van der Waals surface area contributed by atoms with Crippen LogP contribution in [0.5, 0.6) is 0 Å². The summed E-state index contributed by atoms with van der Waals surface area (Å²) in [6, 6.07) is -1.87. The molecule has 0 unspecified atom stereocenters. The lowest BCUT2D eigenvalue weighted by atomic mass is 10.1. The third-order valence-corrected chi connectivity index (χ3v) is 2.21. The molecule has 0 aromatic rings. The van der Waals surface area contributed by atoms with Crippen molar-refractivity contribution in [2.75, 3.05) is 13.2 Å². The number of carboxylic acid groups (broad SMARTS) is 1. The highest BCUT2D eigenvalue weighted by Gasteiger charge is 2.20. The van der Waals surface area contributed by atoms with Gasteiger partial charge in [0.1, 0.15) is 0 Å². The lowest BCUT2D eigenvalue weighted by molar-refractivity contribution is -0.406. The smallest absolute Gasteiger partial charge is 0.278 e. The van der Waals surface area contributed by atoms with Crippen LogP contribution in [0.25, 0.3) is 0 Å². The first kappa shape index (κ1) is 14.8. The van der Waals surface area contributed by atoms with Gasteiger partial charge in [-0.15, -0.1) is 0 Å². The maximum Gasteiger partial charge on any atom is 0.278 e. The molecule has 0 bridgehead atoms. The van der Waals surface area contributed by atoms with E-state index < -0.39 is 30.6 Å². The lowest BCUT2D eigenvalue weighted by Gasteiger charge is -2.18. The van der Waals surface area contributed by atoms with Gasteiger partial charge in [-0.05, 0) is 12.8 Å². The molecule has 0 aliphatic heterocycles. The van der Waals surface area contributed by atoms with Crippen LogP contribution in [0.2, 0.25) is 0 Å². The molecule has 0 spiro atoms. The quantitative estimate of drug-likeness (QED) is 0.312. The van der Waals surface area contributed by atoms with Crippen LogP contribution in [0, 0.1) is 0 Å². The maximum absolute atomic E-state index is 11.4. The number of hydrogen-bond acceptors (Lipinski definition) is 4. The Balaban J connectivity index is 3.98. The van der Waals surface area contributed by atoms with Crippen LogP contribution in [0.3, 0.4) is 0 Å². The SMILES string of the molecule is [NH3+]CCCC[C@H]([NH3+])C(=O)N[C@@H](CO)C(=O)[O-]. The van der Waals surface area contributed by atoms with Gasteiger partial charge >= 0.3 is 0 Å². The van der Waals surface area contributed by atoms with Gasteiger partial charge in [-0.3, -0.25) is 4.79 Å². The van der Waals surface area contributed by atoms with Gasteiger partial charge in [0.25, 0.3) is 5.91 Å². The molecule has 0 saturated carbocycles. The lowest BCUT2D eigenvalue weighted by Crippen LogP contribution is -2.69. The first-order valence-corrected chi connectivity index (χ1v) is 5.27. The summed E-state index contributed by atoms with van der Waals surface area (Å²) in [5.74, 6) is -1.98. The van der Waals surface area contributed by atoms with E-state index in [1.807, 2.05) is 0 Å². The van der Waals surface area contributed by atoms with Crippen molar-refractivity contribution in [3.63, 3.8) is 0 Å². The molecule has 0 rings (SSSR count). The third kappa shape index (κ3) is 5.64. The van der Waals surface area contributed by atoms with Gasteiger partial charge in [-0.25, -0.2) is 0 Å². The number of quaternary nitrogens is 2. The van der Waals surface area contributed by atoms with Crippen LogP contribution in [0.1, 0.15) is 19.3 Å². The number of carbonyl (C=O) groups excluding carboxylic acids is 2. The zero-order valence-corrected chi connectivity index (χ0v) is 9.28. The van der Waals surface area contributed by atoms with E-state index in [-0.39, 0.29) is 0 Å². The van der Waals surface area contributed by atoms with E-state index in [1.165, 1.54) is 0 Å². The fourth-order valence-corrected chi connectivity index (χ4v) is 1.17. The normalized spacial score (nSPS) is 14.2. The molecule has 0 aromatic carbocycles. The Morgan fingerprint density at radius 2 is 2.00 bits per heavy atom. The summed E-state index contributed by atoms with van der Waals surface area (Å²) >= 11 is 0. The van der Waals surface area contributed by atoms with Gasteiger partial charge in [-0.1, -0.05) is 0 Å². The first-order valence-electron chi connectivity index (χ1n) is 5.27. The monoisotopic (exact) mass is 234 g/mol. The Morgan fingerprint density at radius 3 is 2.44 bits per heavy atom. The van der Waals surface area contributed by atoms with Crippen LogP contribution in [0.4, 0.5) is 0 Å². The fourth-order valence-electron chi connectivity index (χ4n) is 1.17. The predicted octanol–water partition coefficient (Wildman–Crippen LogP) is -4.76. The highest BCUT2D eigenvalue weighted by atomic mass is 16.4. The minimum atomic E-state index is -1.50. The van der Waals surface area contributed by atoms with E-state index in [0.29, 0.717) is 6.42 Å². The number of unbranched alkanes of at least 4 members (excludes halogenated alkanes) is 1. The van der Waals surface area contributed by atoms with Crippen molar-refractivity contribution in [1.82, 2.24) is 5.32 Å². The number of carboxylic acids is 1. The number of nitrogens with one attached hydrogen (secondary N) is 1. The largest absolute Gasteiger partial charge is 0.548 e. The summed E-state index contributed by atoms with van der Waals surface area (Å²) in [6.45, 7) is 0.117. The average Bonchev–Trinajstić information content (AvgIpc) is 2.25. The molecule has 7 nitrogen and oxygen atoms in total. The fraction of sp³-hybridized carbons (Fsp3) is 0.778. The van der Waals surface area contributed by atoms with E-state index in [9.17, 15) is 14.7 Å². The summed E-state index contributed by atoms with van der Waals surface area (Å²) in [7, 11) is 0. The van der Waals surface area contributed by atoms with Crippen LogP contribution in [0.15, 0.2) is 0 Å². The number of rotatable bonds is 8. The molecule has 8 N–H and O–H groups in total. The zero-order chi connectivity index (χ0) is 12.6. The summed E-state index contributed by atoms with van der Waals surface area (Å²) in [5, 5.41) is 21.3. The molecule has 94 valence electrons. The zero-order valence-electron chi connectivity index (χ0n) is 9.28. The van der Waals surface area contributed by atoms with Crippen molar-refractivity contribution in [2.45, 2.75) is 31.3 Å². The van der Waals surface area contributed by atoms with Crippen molar-refractivity contribution in [3.8, 4) is 0 Å². The number of aliphatic hydroxyl groups excluding tert-OH is 1. The number of aliphatic carboxylic acids is 1. The second-order valence-electron chi connectivity index (χ2n) is 3.61. The molecule has 2 atom stereocenters. The van der Waals surface area contributed by atoms with Crippen LogP contribution >= 0.6 is 0 Å². The molecular formula is C9H20N3O4+. The van der Waals surface area contributed by atoms with Gasteiger partial charge in [0.05, 0.1) is 25.2 Å². The Bertz CT molecular complexity index is 235. The van der Waals surface area contributed by atoms with Crippen LogP contribution in [-0.4, -0.2) is 42.2 Å². The molecule has 0 aliphatic rings. The molecule has 1 amide bonds. The van der Waals surface area contributed by atoms with Gasteiger partial charge < -0.3 is 31.8 Å². The van der Waals surface area contributed by atoms with E-state index in [1.54, 1.807) is 0 Å². The van der Waals surface area contributed by atoms with Crippen LogP contribution in [-0.2, 0) is 9.59 Å². The molecular weight excluding hydrogens is 214 g/mol. The van der Waals surface area contributed by atoms with Gasteiger partial charge in [0, 0.05) is 6.42 Å².